The third-order valence-corrected chi connectivity index (χ3v) is 3.69. The summed E-state index contributed by atoms with van der Waals surface area (Å²) < 4.78 is 6.75. The third-order valence-electron chi connectivity index (χ3n) is 3.69. The highest BCUT2D eigenvalue weighted by atomic mass is 16.5. The summed E-state index contributed by atoms with van der Waals surface area (Å²) in [4.78, 5) is 28.6. The van der Waals surface area contributed by atoms with Gasteiger partial charge in [0.05, 0.1) is 16.6 Å². The van der Waals surface area contributed by atoms with Crippen molar-refractivity contribution in [1.82, 2.24) is 9.55 Å². The third kappa shape index (κ3) is 2.61. The second kappa shape index (κ2) is 5.68. The van der Waals surface area contributed by atoms with Gasteiger partial charge in [-0.05, 0) is 38.1 Å². The van der Waals surface area contributed by atoms with Crippen LogP contribution in [0, 0.1) is 13.8 Å². The fourth-order valence-electron chi connectivity index (χ4n) is 2.64. The average Bonchev–Trinajstić information content (AvgIpc) is 2.50. The predicted molar refractivity (Wildman–Crippen MR) is 88.1 cm³/mol. The first-order valence-corrected chi connectivity index (χ1v) is 7.26. The van der Waals surface area contributed by atoms with E-state index in [4.69, 9.17) is 4.74 Å². The van der Waals surface area contributed by atoms with E-state index in [1.807, 2.05) is 31.2 Å². The number of benzene rings is 2. The van der Waals surface area contributed by atoms with Gasteiger partial charge in [0.2, 0.25) is 0 Å². The molecule has 0 atom stereocenters. The molecule has 0 radical (unpaired) electrons. The van der Waals surface area contributed by atoms with E-state index in [0.29, 0.717) is 33.7 Å². The maximum absolute atomic E-state index is 12.9. The van der Waals surface area contributed by atoms with E-state index in [2.05, 4.69) is 4.98 Å². The smallest absolute Gasteiger partial charge is 0.308 e. The summed E-state index contributed by atoms with van der Waals surface area (Å²) in [6, 6.07) is 12.5. The summed E-state index contributed by atoms with van der Waals surface area (Å²) in [6.07, 6.45) is 0. The average molecular weight is 308 g/mol. The number of carbonyl (C=O) groups is 1. The van der Waals surface area contributed by atoms with Crippen molar-refractivity contribution >= 4 is 16.9 Å². The molecule has 0 unspecified atom stereocenters. The highest BCUT2D eigenvalue weighted by Crippen LogP contribution is 2.25. The maximum Gasteiger partial charge on any atom is 0.308 e. The van der Waals surface area contributed by atoms with Gasteiger partial charge in [0.1, 0.15) is 11.6 Å². The summed E-state index contributed by atoms with van der Waals surface area (Å²) >= 11 is 0. The Morgan fingerprint density at radius 2 is 1.83 bits per heavy atom. The summed E-state index contributed by atoms with van der Waals surface area (Å²) in [5.74, 6) is 0.622. The molecule has 1 heterocycles. The number of ether oxygens (including phenoxy) is 1. The van der Waals surface area contributed by atoms with Gasteiger partial charge in [-0.2, -0.15) is 0 Å². The van der Waals surface area contributed by atoms with E-state index in [0.717, 1.165) is 0 Å². The molecular formula is C18H16N2O3. The van der Waals surface area contributed by atoms with E-state index in [9.17, 15) is 9.59 Å². The van der Waals surface area contributed by atoms with Gasteiger partial charge in [-0.15, -0.1) is 0 Å². The molecule has 3 rings (SSSR count). The number of hydrogen-bond donors (Lipinski definition) is 0. The normalized spacial score (nSPS) is 10.7. The van der Waals surface area contributed by atoms with Gasteiger partial charge >= 0.3 is 5.97 Å². The Labute approximate surface area is 133 Å². The molecule has 0 saturated carbocycles. The fourth-order valence-corrected chi connectivity index (χ4v) is 2.64. The van der Waals surface area contributed by atoms with Crippen molar-refractivity contribution in [2.24, 2.45) is 0 Å². The molecule has 2 aromatic carbocycles. The Hall–Kier alpha value is -2.95. The first-order valence-electron chi connectivity index (χ1n) is 7.26. The Kier molecular flexibility index (Phi) is 3.70. The molecule has 0 aliphatic rings. The molecule has 5 nitrogen and oxygen atoms in total. The van der Waals surface area contributed by atoms with Crippen LogP contribution in [0.25, 0.3) is 16.6 Å². The Balaban J connectivity index is 2.29. The molecule has 0 N–H and O–H groups in total. The van der Waals surface area contributed by atoms with Crippen LogP contribution in [-0.4, -0.2) is 15.5 Å². The number of aromatic nitrogens is 2. The van der Waals surface area contributed by atoms with Crippen LogP contribution in [0.3, 0.4) is 0 Å². The van der Waals surface area contributed by atoms with E-state index >= 15 is 0 Å². The number of rotatable bonds is 2. The summed E-state index contributed by atoms with van der Waals surface area (Å²) in [5.41, 5.74) is 1.89. The minimum atomic E-state index is -0.397. The molecule has 0 bridgehead atoms. The van der Waals surface area contributed by atoms with Crippen LogP contribution in [0.5, 0.6) is 5.75 Å². The lowest BCUT2D eigenvalue weighted by atomic mass is 10.1. The van der Waals surface area contributed by atoms with E-state index in [1.165, 1.54) is 6.92 Å². The number of hydrogen-bond acceptors (Lipinski definition) is 4. The Morgan fingerprint density at radius 1 is 1.09 bits per heavy atom. The zero-order valence-corrected chi connectivity index (χ0v) is 13.2. The van der Waals surface area contributed by atoms with Gasteiger partial charge < -0.3 is 4.74 Å². The number of carbonyl (C=O) groups excluding carboxylic acids is 1. The van der Waals surface area contributed by atoms with E-state index in [-0.39, 0.29) is 5.56 Å². The standard InChI is InChI=1S/C18H16N2O3/c1-11-16(9-6-10-17(11)23-13(3)21)20-12(2)19-15-8-5-4-7-14(15)18(20)22/h4-10H,1-3H3. The van der Waals surface area contributed by atoms with E-state index in [1.54, 1.807) is 29.7 Å². The SMILES string of the molecule is CC(=O)Oc1cccc(-n2c(C)nc3ccccc3c2=O)c1C. The minimum Gasteiger partial charge on any atom is -0.426 e. The van der Waals surface area contributed by atoms with Crippen molar-refractivity contribution in [3.8, 4) is 11.4 Å². The zero-order valence-electron chi connectivity index (χ0n) is 13.2. The van der Waals surface area contributed by atoms with Crippen LogP contribution in [0.15, 0.2) is 47.3 Å². The summed E-state index contributed by atoms with van der Waals surface area (Å²) in [5, 5.41) is 0.551. The summed E-state index contributed by atoms with van der Waals surface area (Å²) in [6.45, 7) is 4.95. The quantitative estimate of drug-likeness (QED) is 0.539. The van der Waals surface area contributed by atoms with Gasteiger partial charge in [-0.3, -0.25) is 14.2 Å². The molecule has 3 aromatic rings. The topological polar surface area (TPSA) is 61.2 Å². The van der Waals surface area contributed by atoms with Crippen LogP contribution < -0.4 is 10.3 Å². The van der Waals surface area contributed by atoms with Gasteiger partial charge in [0.25, 0.3) is 5.56 Å². The number of esters is 1. The molecule has 0 aliphatic carbocycles. The van der Waals surface area contributed by atoms with Crippen LogP contribution >= 0.6 is 0 Å². The molecule has 1 aromatic heterocycles. The zero-order chi connectivity index (χ0) is 16.6. The lowest BCUT2D eigenvalue weighted by Gasteiger charge is -2.15. The number of para-hydroxylation sites is 1. The molecule has 0 amide bonds. The molecule has 116 valence electrons. The molecular weight excluding hydrogens is 292 g/mol. The van der Waals surface area contributed by atoms with Gasteiger partial charge in [-0.1, -0.05) is 18.2 Å². The molecule has 0 fully saturated rings. The van der Waals surface area contributed by atoms with Crippen molar-refractivity contribution in [2.45, 2.75) is 20.8 Å². The van der Waals surface area contributed by atoms with Crippen molar-refractivity contribution < 1.29 is 9.53 Å². The van der Waals surface area contributed by atoms with Crippen LogP contribution in [-0.2, 0) is 4.79 Å². The largest absolute Gasteiger partial charge is 0.426 e. The van der Waals surface area contributed by atoms with Crippen LogP contribution in [0.4, 0.5) is 0 Å². The van der Waals surface area contributed by atoms with Gasteiger partial charge in [0.15, 0.2) is 0 Å². The van der Waals surface area contributed by atoms with Crippen molar-refractivity contribution in [1.29, 1.82) is 0 Å². The lowest BCUT2D eigenvalue weighted by Crippen LogP contribution is -2.23. The van der Waals surface area contributed by atoms with Crippen molar-refractivity contribution in [2.75, 3.05) is 0 Å². The highest BCUT2D eigenvalue weighted by molar-refractivity contribution is 5.78. The molecule has 5 heteroatoms. The molecule has 0 spiro atoms. The molecule has 23 heavy (non-hydrogen) atoms. The Morgan fingerprint density at radius 3 is 2.57 bits per heavy atom. The molecule has 0 aliphatic heterocycles. The van der Waals surface area contributed by atoms with Gasteiger partial charge in [0, 0.05) is 12.5 Å². The van der Waals surface area contributed by atoms with E-state index < -0.39 is 5.97 Å². The number of nitrogens with zero attached hydrogens (tertiary/aromatic N) is 2. The molecule has 0 saturated heterocycles. The first kappa shape index (κ1) is 15.0. The number of fused-ring (bicyclic) bond motifs is 1. The van der Waals surface area contributed by atoms with Crippen molar-refractivity contribution in [3.05, 3.63) is 64.2 Å². The Bertz CT molecular complexity index is 974. The minimum absolute atomic E-state index is 0.142. The number of aryl methyl sites for hydroxylation is 1. The second-order valence-corrected chi connectivity index (χ2v) is 5.31. The van der Waals surface area contributed by atoms with Crippen LogP contribution in [0.2, 0.25) is 0 Å². The van der Waals surface area contributed by atoms with Gasteiger partial charge in [-0.25, -0.2) is 4.98 Å². The van der Waals surface area contributed by atoms with Crippen LogP contribution in [0.1, 0.15) is 18.3 Å². The first-order chi connectivity index (χ1) is 11.0. The predicted octanol–water partition coefficient (Wildman–Crippen LogP) is 2.93. The van der Waals surface area contributed by atoms with Crippen molar-refractivity contribution in [3.63, 3.8) is 0 Å². The summed E-state index contributed by atoms with van der Waals surface area (Å²) in [7, 11) is 0. The highest BCUT2D eigenvalue weighted by Gasteiger charge is 2.14. The second-order valence-electron chi connectivity index (χ2n) is 5.31. The fraction of sp³-hybridized carbons (Fsp3) is 0.167. The monoisotopic (exact) mass is 308 g/mol. The maximum atomic E-state index is 12.9. The lowest BCUT2D eigenvalue weighted by molar-refractivity contribution is -0.131.